The molecule has 0 heterocycles. The molecule has 0 radical (unpaired) electrons. The topological polar surface area (TPSA) is 49.8 Å². The highest BCUT2D eigenvalue weighted by Gasteiger charge is 2.00. The van der Waals surface area contributed by atoms with E-state index in [1.54, 1.807) is 6.92 Å². The van der Waals surface area contributed by atoms with Crippen LogP contribution in [0.25, 0.3) is 5.57 Å². The van der Waals surface area contributed by atoms with Crippen molar-refractivity contribution >= 4 is 5.57 Å². The summed E-state index contributed by atoms with van der Waals surface area (Å²) in [6, 6.07) is 11.5. The van der Waals surface area contributed by atoms with Crippen LogP contribution in [0.2, 0.25) is 0 Å². The van der Waals surface area contributed by atoms with Gasteiger partial charge in [0, 0.05) is 5.70 Å². The molecule has 0 aliphatic carbocycles. The quantitative estimate of drug-likeness (QED) is 0.634. The van der Waals surface area contributed by atoms with Gasteiger partial charge < -0.3 is 5.73 Å². The summed E-state index contributed by atoms with van der Waals surface area (Å²) < 4.78 is 0. The molecule has 0 bridgehead atoms. The van der Waals surface area contributed by atoms with Gasteiger partial charge in [0.05, 0.1) is 5.57 Å². The number of hydrogen-bond acceptors (Lipinski definition) is 2. The summed E-state index contributed by atoms with van der Waals surface area (Å²) in [7, 11) is 0. The molecule has 0 atom stereocenters. The second-order valence-electron chi connectivity index (χ2n) is 2.54. The molecule has 0 saturated heterocycles. The SMILES string of the molecule is CC(N)=C(C#N)c1ccccc1. The molecule has 0 aliphatic heterocycles. The summed E-state index contributed by atoms with van der Waals surface area (Å²) in [4.78, 5) is 0. The fraction of sp³-hybridized carbons (Fsp3) is 0.100. The van der Waals surface area contributed by atoms with Crippen LogP contribution in [0.5, 0.6) is 0 Å². The van der Waals surface area contributed by atoms with Crippen molar-refractivity contribution in [3.63, 3.8) is 0 Å². The van der Waals surface area contributed by atoms with Gasteiger partial charge in [-0.1, -0.05) is 30.3 Å². The van der Waals surface area contributed by atoms with Crippen molar-refractivity contribution in [2.24, 2.45) is 5.73 Å². The number of hydrogen-bond donors (Lipinski definition) is 1. The fourth-order valence-corrected chi connectivity index (χ4v) is 0.985. The van der Waals surface area contributed by atoms with Gasteiger partial charge in [0.15, 0.2) is 0 Å². The van der Waals surface area contributed by atoms with Crippen molar-refractivity contribution in [3.8, 4) is 6.07 Å². The summed E-state index contributed by atoms with van der Waals surface area (Å²) in [5.74, 6) is 0. The van der Waals surface area contributed by atoms with Gasteiger partial charge in [-0.15, -0.1) is 0 Å². The maximum absolute atomic E-state index is 8.76. The van der Waals surface area contributed by atoms with Gasteiger partial charge in [-0.2, -0.15) is 5.26 Å². The maximum Gasteiger partial charge on any atom is 0.102 e. The summed E-state index contributed by atoms with van der Waals surface area (Å²) >= 11 is 0. The van der Waals surface area contributed by atoms with Gasteiger partial charge in [0.2, 0.25) is 0 Å². The standard InChI is InChI=1S/C10H10N2/c1-8(12)10(7-11)9-5-3-2-4-6-9/h2-6H,12H2,1H3. The normalized spacial score (nSPS) is 11.7. The van der Waals surface area contributed by atoms with E-state index >= 15 is 0 Å². The molecular formula is C10H10N2. The number of rotatable bonds is 1. The van der Waals surface area contributed by atoms with E-state index in [0.717, 1.165) is 5.56 Å². The smallest absolute Gasteiger partial charge is 0.102 e. The predicted octanol–water partition coefficient (Wildman–Crippen LogP) is 1.90. The molecule has 2 heteroatoms. The second kappa shape index (κ2) is 3.59. The largest absolute Gasteiger partial charge is 0.401 e. The number of nitrogens with zero attached hydrogens (tertiary/aromatic N) is 1. The molecule has 0 amide bonds. The number of allylic oxidation sites excluding steroid dienone is 2. The zero-order valence-electron chi connectivity index (χ0n) is 6.91. The molecule has 1 rings (SSSR count). The molecule has 0 aromatic heterocycles. The van der Waals surface area contributed by atoms with E-state index in [0.29, 0.717) is 11.3 Å². The molecule has 12 heavy (non-hydrogen) atoms. The van der Waals surface area contributed by atoms with Gasteiger partial charge in [0.1, 0.15) is 6.07 Å². The molecule has 0 saturated carbocycles. The van der Waals surface area contributed by atoms with Crippen LogP contribution in [0, 0.1) is 11.3 Å². The fourth-order valence-electron chi connectivity index (χ4n) is 0.985. The van der Waals surface area contributed by atoms with E-state index in [4.69, 9.17) is 11.0 Å². The van der Waals surface area contributed by atoms with Gasteiger partial charge >= 0.3 is 0 Å². The van der Waals surface area contributed by atoms with Crippen LogP contribution in [0.3, 0.4) is 0 Å². The molecule has 0 aliphatic rings. The van der Waals surface area contributed by atoms with Gasteiger partial charge in [-0.3, -0.25) is 0 Å². The summed E-state index contributed by atoms with van der Waals surface area (Å²) in [5, 5.41) is 8.76. The van der Waals surface area contributed by atoms with Crippen LogP contribution in [0.4, 0.5) is 0 Å². The van der Waals surface area contributed by atoms with Crippen LogP contribution in [0.15, 0.2) is 36.0 Å². The Morgan fingerprint density at radius 3 is 2.33 bits per heavy atom. The van der Waals surface area contributed by atoms with Crippen LogP contribution in [-0.2, 0) is 0 Å². The lowest BCUT2D eigenvalue weighted by atomic mass is 10.1. The van der Waals surface area contributed by atoms with E-state index in [1.165, 1.54) is 0 Å². The Hall–Kier alpha value is -1.75. The van der Waals surface area contributed by atoms with E-state index < -0.39 is 0 Å². The third kappa shape index (κ3) is 1.64. The highest BCUT2D eigenvalue weighted by molar-refractivity contribution is 5.78. The lowest BCUT2D eigenvalue weighted by molar-refractivity contribution is 1.32. The second-order valence-corrected chi connectivity index (χ2v) is 2.54. The van der Waals surface area contributed by atoms with Crippen molar-refractivity contribution in [1.82, 2.24) is 0 Å². The number of benzene rings is 1. The minimum Gasteiger partial charge on any atom is -0.401 e. The average molecular weight is 158 g/mol. The Kier molecular flexibility index (Phi) is 2.49. The van der Waals surface area contributed by atoms with E-state index in [2.05, 4.69) is 6.07 Å². The summed E-state index contributed by atoms with van der Waals surface area (Å²) in [5.41, 5.74) is 7.52. The van der Waals surface area contributed by atoms with E-state index in [1.807, 2.05) is 30.3 Å². The van der Waals surface area contributed by atoms with Crippen molar-refractivity contribution in [2.45, 2.75) is 6.92 Å². The van der Waals surface area contributed by atoms with Crippen molar-refractivity contribution in [2.75, 3.05) is 0 Å². The lowest BCUT2D eigenvalue weighted by Gasteiger charge is -1.99. The average Bonchev–Trinajstić information content (AvgIpc) is 2.07. The molecule has 2 N–H and O–H groups in total. The number of nitriles is 1. The first-order valence-electron chi connectivity index (χ1n) is 3.67. The first kappa shape index (κ1) is 8.35. The van der Waals surface area contributed by atoms with Crippen LogP contribution >= 0.6 is 0 Å². The third-order valence-electron chi connectivity index (χ3n) is 1.57. The third-order valence-corrected chi connectivity index (χ3v) is 1.57. The molecule has 0 spiro atoms. The summed E-state index contributed by atoms with van der Waals surface area (Å²) in [6.07, 6.45) is 0. The zero-order valence-corrected chi connectivity index (χ0v) is 6.91. The molecular weight excluding hydrogens is 148 g/mol. The van der Waals surface area contributed by atoms with Gasteiger partial charge in [0.25, 0.3) is 0 Å². The molecule has 0 unspecified atom stereocenters. The maximum atomic E-state index is 8.76. The van der Waals surface area contributed by atoms with Crippen LogP contribution in [-0.4, -0.2) is 0 Å². The van der Waals surface area contributed by atoms with Crippen LogP contribution < -0.4 is 5.73 Å². The van der Waals surface area contributed by atoms with Gasteiger partial charge in [-0.05, 0) is 12.5 Å². The minimum absolute atomic E-state index is 0.551. The first-order chi connectivity index (χ1) is 5.75. The zero-order chi connectivity index (χ0) is 8.97. The Balaban J connectivity index is 3.17. The molecule has 2 nitrogen and oxygen atoms in total. The lowest BCUT2D eigenvalue weighted by Crippen LogP contribution is -1.95. The summed E-state index contributed by atoms with van der Waals surface area (Å²) in [6.45, 7) is 1.73. The monoisotopic (exact) mass is 158 g/mol. The van der Waals surface area contributed by atoms with E-state index in [9.17, 15) is 0 Å². The molecule has 60 valence electrons. The molecule has 1 aromatic rings. The van der Waals surface area contributed by atoms with Crippen molar-refractivity contribution in [1.29, 1.82) is 5.26 Å². The van der Waals surface area contributed by atoms with Crippen molar-refractivity contribution in [3.05, 3.63) is 41.6 Å². The number of nitrogens with two attached hydrogens (primary N) is 1. The van der Waals surface area contributed by atoms with Crippen LogP contribution in [0.1, 0.15) is 12.5 Å². The highest BCUT2D eigenvalue weighted by atomic mass is 14.6. The minimum atomic E-state index is 0.551. The Labute approximate surface area is 71.9 Å². The molecule has 1 aromatic carbocycles. The van der Waals surface area contributed by atoms with E-state index in [-0.39, 0.29) is 0 Å². The Morgan fingerprint density at radius 1 is 1.33 bits per heavy atom. The van der Waals surface area contributed by atoms with Gasteiger partial charge in [-0.25, -0.2) is 0 Å². The Bertz CT molecular complexity index is 327. The van der Waals surface area contributed by atoms with Crippen molar-refractivity contribution < 1.29 is 0 Å². The highest BCUT2D eigenvalue weighted by Crippen LogP contribution is 2.14. The molecule has 0 fully saturated rings. The first-order valence-corrected chi connectivity index (χ1v) is 3.67. The Morgan fingerprint density at radius 2 is 1.92 bits per heavy atom. The predicted molar refractivity (Wildman–Crippen MR) is 48.8 cm³/mol.